The molecule has 11 heavy (non-hydrogen) atoms. The van der Waals surface area contributed by atoms with Gasteiger partial charge in [0.2, 0.25) is 0 Å². The number of aromatic nitrogens is 1. The molecule has 1 aromatic heterocycles. The van der Waals surface area contributed by atoms with Crippen LogP contribution in [0.25, 0.3) is 0 Å². The fourth-order valence-electron chi connectivity index (χ4n) is 1.09. The van der Waals surface area contributed by atoms with E-state index in [0.29, 0.717) is 0 Å². The number of nitrogens with zero attached hydrogens (tertiary/aromatic N) is 2. The SMILES string of the molecule is Cc1cc[nH]c1[N+]1C=CC=N1. The molecule has 1 N–H and O–H groups in total. The lowest BCUT2D eigenvalue weighted by atomic mass is 10.3. The van der Waals surface area contributed by atoms with Crippen molar-refractivity contribution >= 4 is 12.0 Å². The maximum atomic E-state index is 4.10. The highest BCUT2D eigenvalue weighted by atomic mass is 15.5. The second-order valence-electron chi connectivity index (χ2n) is 2.46. The highest BCUT2D eigenvalue weighted by Crippen LogP contribution is 2.18. The summed E-state index contributed by atoms with van der Waals surface area (Å²) >= 11 is 0. The van der Waals surface area contributed by atoms with Crippen LogP contribution in [-0.2, 0) is 0 Å². The minimum Gasteiger partial charge on any atom is -0.311 e. The van der Waals surface area contributed by atoms with Crippen molar-refractivity contribution < 1.29 is 0 Å². The second kappa shape index (κ2) is 2.36. The maximum Gasteiger partial charge on any atom is 0.293 e. The van der Waals surface area contributed by atoms with Crippen LogP contribution in [0.4, 0.5) is 5.82 Å². The molecule has 3 heteroatoms. The van der Waals surface area contributed by atoms with Crippen LogP contribution in [0.15, 0.2) is 29.6 Å². The quantitative estimate of drug-likeness (QED) is 0.585. The van der Waals surface area contributed by atoms with Crippen molar-refractivity contribution in [3.63, 3.8) is 0 Å². The van der Waals surface area contributed by atoms with Gasteiger partial charge in [-0.05, 0) is 18.1 Å². The Morgan fingerprint density at radius 2 is 2.45 bits per heavy atom. The first-order valence-corrected chi connectivity index (χ1v) is 3.52. The number of hydrogen-bond acceptors (Lipinski definition) is 2. The Labute approximate surface area is 65.0 Å². The van der Waals surface area contributed by atoms with Crippen molar-refractivity contribution in [2.75, 3.05) is 0 Å². The molecule has 0 bridgehead atoms. The predicted octanol–water partition coefficient (Wildman–Crippen LogP) is 1.61. The second-order valence-corrected chi connectivity index (χ2v) is 2.46. The molecule has 2 rings (SSSR count). The van der Waals surface area contributed by atoms with Crippen molar-refractivity contribution in [1.29, 1.82) is 0 Å². The number of anilines is 1. The van der Waals surface area contributed by atoms with Crippen LogP contribution in [0.2, 0.25) is 0 Å². The third kappa shape index (κ3) is 0.991. The van der Waals surface area contributed by atoms with Crippen LogP contribution in [-0.4, -0.2) is 11.2 Å². The first-order valence-electron chi connectivity index (χ1n) is 3.52. The summed E-state index contributed by atoms with van der Waals surface area (Å²) in [7, 11) is 0. The van der Waals surface area contributed by atoms with Crippen molar-refractivity contribution in [3.05, 3.63) is 30.1 Å². The number of rotatable bonds is 1. The van der Waals surface area contributed by atoms with Gasteiger partial charge in [-0.2, -0.15) is 0 Å². The average Bonchev–Trinajstić information content (AvgIpc) is 2.55. The van der Waals surface area contributed by atoms with Crippen LogP contribution in [0.1, 0.15) is 5.56 Å². The predicted molar refractivity (Wildman–Crippen MR) is 45.0 cm³/mol. The Bertz CT molecular complexity index is 297. The molecule has 2 heterocycles. The van der Waals surface area contributed by atoms with Crippen LogP contribution in [0, 0.1) is 6.92 Å². The normalized spacial score (nSPS) is 16.5. The molecule has 1 radical (unpaired) electrons. The molecule has 1 aromatic rings. The lowest BCUT2D eigenvalue weighted by molar-refractivity contribution is 0.730. The van der Waals surface area contributed by atoms with Gasteiger partial charge in [0.25, 0.3) is 5.82 Å². The molecule has 0 aliphatic carbocycles. The van der Waals surface area contributed by atoms with Gasteiger partial charge in [-0.3, -0.25) is 0 Å². The van der Waals surface area contributed by atoms with E-state index in [9.17, 15) is 0 Å². The monoisotopic (exact) mass is 147 g/mol. The highest BCUT2D eigenvalue weighted by molar-refractivity contribution is 5.74. The van der Waals surface area contributed by atoms with Gasteiger partial charge in [-0.15, -0.1) is 0 Å². The zero-order valence-electron chi connectivity index (χ0n) is 6.28. The van der Waals surface area contributed by atoms with E-state index >= 15 is 0 Å². The number of allylic oxidation sites excluding steroid dienone is 1. The third-order valence-corrected chi connectivity index (χ3v) is 1.66. The van der Waals surface area contributed by atoms with E-state index in [2.05, 4.69) is 10.1 Å². The molecular formula is C8H9N3+. The van der Waals surface area contributed by atoms with Crippen molar-refractivity contribution in [1.82, 2.24) is 9.99 Å². The summed E-state index contributed by atoms with van der Waals surface area (Å²) in [6, 6.07) is 2.02. The summed E-state index contributed by atoms with van der Waals surface area (Å²) in [5.74, 6) is 1.04. The number of H-pyrrole nitrogens is 1. The lowest BCUT2D eigenvalue weighted by Crippen LogP contribution is -2.06. The van der Waals surface area contributed by atoms with Crippen molar-refractivity contribution in [2.24, 2.45) is 5.10 Å². The largest absolute Gasteiger partial charge is 0.311 e. The van der Waals surface area contributed by atoms with Crippen LogP contribution < -0.4 is 5.01 Å². The minimum atomic E-state index is 1.04. The van der Waals surface area contributed by atoms with Gasteiger partial charge in [0.15, 0.2) is 6.20 Å². The molecule has 1 aliphatic heterocycles. The lowest BCUT2D eigenvalue weighted by Gasteiger charge is -1.91. The Kier molecular flexibility index (Phi) is 1.36. The summed E-state index contributed by atoms with van der Waals surface area (Å²) in [6.45, 7) is 2.05. The maximum absolute atomic E-state index is 4.10. The average molecular weight is 147 g/mol. The van der Waals surface area contributed by atoms with E-state index in [-0.39, 0.29) is 0 Å². The van der Waals surface area contributed by atoms with E-state index in [1.54, 1.807) is 6.21 Å². The molecule has 1 aliphatic rings. The molecule has 0 spiro atoms. The number of aromatic amines is 1. The minimum absolute atomic E-state index is 1.04. The number of nitrogens with one attached hydrogen (secondary N) is 1. The van der Waals surface area contributed by atoms with Crippen LogP contribution in [0.5, 0.6) is 0 Å². The van der Waals surface area contributed by atoms with Crippen LogP contribution >= 0.6 is 0 Å². The molecule has 0 saturated heterocycles. The third-order valence-electron chi connectivity index (χ3n) is 1.66. The van der Waals surface area contributed by atoms with E-state index in [4.69, 9.17) is 0 Å². The summed E-state index contributed by atoms with van der Waals surface area (Å²) in [4.78, 5) is 3.11. The Hall–Kier alpha value is -1.35. The fraction of sp³-hybridized carbons (Fsp3) is 0.125. The molecule has 0 unspecified atom stereocenters. The topological polar surface area (TPSA) is 34.0 Å². The molecule has 0 atom stereocenters. The molecule has 0 saturated carbocycles. The van der Waals surface area contributed by atoms with Gasteiger partial charge >= 0.3 is 0 Å². The molecule has 0 fully saturated rings. The smallest absolute Gasteiger partial charge is 0.293 e. The molecule has 0 amide bonds. The summed E-state index contributed by atoms with van der Waals surface area (Å²) in [5.41, 5.74) is 1.20. The fourth-order valence-corrected chi connectivity index (χ4v) is 1.09. The number of hydrazone groups is 1. The van der Waals surface area contributed by atoms with Gasteiger partial charge in [0.1, 0.15) is 0 Å². The zero-order valence-corrected chi connectivity index (χ0v) is 6.28. The first-order chi connectivity index (χ1) is 5.38. The van der Waals surface area contributed by atoms with E-state index in [0.717, 1.165) is 5.82 Å². The molecular weight excluding hydrogens is 138 g/mol. The van der Waals surface area contributed by atoms with Gasteiger partial charge < -0.3 is 4.98 Å². The summed E-state index contributed by atoms with van der Waals surface area (Å²) in [6.07, 6.45) is 7.49. The Balaban J connectivity index is 2.36. The standard InChI is InChI=1S/C8H9N3/c1-7-3-5-9-8(7)11-6-2-4-10-11/h2-6,9H,1H3/q+1. The van der Waals surface area contributed by atoms with E-state index in [1.807, 2.05) is 36.5 Å². The van der Waals surface area contributed by atoms with Gasteiger partial charge in [0, 0.05) is 17.8 Å². The van der Waals surface area contributed by atoms with Gasteiger partial charge in [-0.25, -0.2) is 0 Å². The zero-order chi connectivity index (χ0) is 7.68. The first kappa shape index (κ1) is 6.37. The Morgan fingerprint density at radius 3 is 3.00 bits per heavy atom. The molecule has 3 nitrogen and oxygen atoms in total. The van der Waals surface area contributed by atoms with Crippen molar-refractivity contribution in [2.45, 2.75) is 6.92 Å². The van der Waals surface area contributed by atoms with E-state index in [1.165, 1.54) is 5.56 Å². The van der Waals surface area contributed by atoms with Gasteiger partial charge in [0.05, 0.1) is 11.2 Å². The highest BCUT2D eigenvalue weighted by Gasteiger charge is 2.21. The summed E-state index contributed by atoms with van der Waals surface area (Å²) < 4.78 is 0. The summed E-state index contributed by atoms with van der Waals surface area (Å²) in [5, 5.41) is 5.92. The molecule has 0 aromatic carbocycles. The van der Waals surface area contributed by atoms with Gasteiger partial charge in [-0.1, -0.05) is 0 Å². The van der Waals surface area contributed by atoms with Crippen LogP contribution in [0.3, 0.4) is 0 Å². The van der Waals surface area contributed by atoms with Crippen molar-refractivity contribution in [3.8, 4) is 0 Å². The Morgan fingerprint density at radius 1 is 1.55 bits per heavy atom. The molecule has 55 valence electrons. The number of aryl methyl sites for hydroxylation is 1. The number of hydrogen-bond donors (Lipinski definition) is 1. The van der Waals surface area contributed by atoms with E-state index < -0.39 is 0 Å².